The van der Waals surface area contributed by atoms with Crippen molar-refractivity contribution in [2.45, 2.75) is 26.2 Å². The molecule has 1 aliphatic carbocycles. The van der Waals surface area contributed by atoms with E-state index >= 15 is 0 Å². The van der Waals surface area contributed by atoms with Crippen LogP contribution in [-0.4, -0.2) is 61.2 Å². The first-order valence-corrected chi connectivity index (χ1v) is 10.2. The third-order valence-corrected chi connectivity index (χ3v) is 6.27. The quantitative estimate of drug-likeness (QED) is 0.843. The Morgan fingerprint density at radius 2 is 1.76 bits per heavy atom. The van der Waals surface area contributed by atoms with Gasteiger partial charge in [0.15, 0.2) is 11.5 Å². The van der Waals surface area contributed by atoms with Crippen molar-refractivity contribution in [3.05, 3.63) is 12.1 Å². The topological polar surface area (TPSA) is 93.8 Å². The zero-order chi connectivity index (χ0) is 20.5. The number of nitrogens with zero attached hydrogens (tertiary/aromatic N) is 4. The molecule has 156 valence electrons. The third kappa shape index (κ3) is 3.63. The molecule has 2 atom stereocenters. The molecule has 4 rings (SSSR count). The predicted octanol–water partition coefficient (Wildman–Crippen LogP) is 2.31. The van der Waals surface area contributed by atoms with Crippen LogP contribution in [0.5, 0.6) is 11.5 Å². The lowest BCUT2D eigenvalue weighted by atomic mass is 9.96. The number of aromatic nitrogens is 2. The number of fused-ring (bicyclic) bond motifs is 1. The van der Waals surface area contributed by atoms with Gasteiger partial charge in [-0.25, -0.2) is 4.98 Å². The number of hydrogen-bond acceptors (Lipinski definition) is 7. The van der Waals surface area contributed by atoms with E-state index in [0.717, 1.165) is 24.6 Å². The minimum absolute atomic E-state index is 0.191. The van der Waals surface area contributed by atoms with Gasteiger partial charge in [-0.1, -0.05) is 13.3 Å². The predicted molar refractivity (Wildman–Crippen MR) is 112 cm³/mol. The number of piperazine rings is 1. The minimum Gasteiger partial charge on any atom is -0.493 e. The van der Waals surface area contributed by atoms with E-state index in [4.69, 9.17) is 20.2 Å². The third-order valence-electron chi connectivity index (χ3n) is 6.27. The highest BCUT2D eigenvalue weighted by Gasteiger charge is 2.34. The molecular weight excluding hydrogens is 370 g/mol. The van der Waals surface area contributed by atoms with E-state index in [1.165, 1.54) is 0 Å². The molecule has 0 radical (unpaired) electrons. The number of hydrogen-bond donors (Lipinski definition) is 1. The molecule has 0 bridgehead atoms. The van der Waals surface area contributed by atoms with Gasteiger partial charge in [0.25, 0.3) is 0 Å². The van der Waals surface area contributed by atoms with Gasteiger partial charge in [0.05, 0.1) is 19.7 Å². The molecule has 2 fully saturated rings. The summed E-state index contributed by atoms with van der Waals surface area (Å²) >= 11 is 0. The van der Waals surface area contributed by atoms with Gasteiger partial charge in [0, 0.05) is 43.5 Å². The van der Waals surface area contributed by atoms with Gasteiger partial charge < -0.3 is 25.0 Å². The average molecular weight is 399 g/mol. The van der Waals surface area contributed by atoms with Crippen molar-refractivity contribution >= 4 is 28.6 Å². The standard InChI is InChI=1S/C21H29N5O3/c1-13-5-4-6-14(13)20(27)25-7-9-26(10-8-25)21-23-16-12-18(29-3)17(28-2)11-15(16)19(22)24-21/h11-14H,4-10H2,1-3H3,(H2,22,23,24). The summed E-state index contributed by atoms with van der Waals surface area (Å²) in [6.07, 6.45) is 3.35. The number of benzene rings is 1. The van der Waals surface area contributed by atoms with Gasteiger partial charge in [-0.3, -0.25) is 4.79 Å². The fourth-order valence-corrected chi connectivity index (χ4v) is 4.48. The van der Waals surface area contributed by atoms with Crippen molar-refractivity contribution < 1.29 is 14.3 Å². The van der Waals surface area contributed by atoms with Gasteiger partial charge in [-0.05, 0) is 24.8 Å². The van der Waals surface area contributed by atoms with Crippen LogP contribution >= 0.6 is 0 Å². The van der Waals surface area contributed by atoms with E-state index in [9.17, 15) is 4.79 Å². The Morgan fingerprint density at radius 3 is 2.38 bits per heavy atom. The maximum absolute atomic E-state index is 12.8. The number of nitrogens with two attached hydrogens (primary N) is 1. The molecule has 1 aromatic carbocycles. The molecule has 2 unspecified atom stereocenters. The number of anilines is 2. The molecule has 1 aliphatic heterocycles. The minimum atomic E-state index is 0.191. The van der Waals surface area contributed by atoms with Gasteiger partial charge in [-0.2, -0.15) is 4.98 Å². The number of nitrogen functional groups attached to an aromatic ring is 1. The number of carbonyl (C=O) groups is 1. The molecule has 1 saturated heterocycles. The van der Waals surface area contributed by atoms with Crippen molar-refractivity contribution in [2.24, 2.45) is 11.8 Å². The monoisotopic (exact) mass is 399 g/mol. The Morgan fingerprint density at radius 1 is 1.07 bits per heavy atom. The Labute approximate surface area is 171 Å². The van der Waals surface area contributed by atoms with Crippen LogP contribution in [0.25, 0.3) is 10.9 Å². The molecule has 2 heterocycles. The zero-order valence-electron chi connectivity index (χ0n) is 17.4. The number of rotatable bonds is 4. The molecule has 2 aliphatic rings. The van der Waals surface area contributed by atoms with Gasteiger partial charge in [0.2, 0.25) is 11.9 Å². The van der Waals surface area contributed by atoms with E-state index in [1.54, 1.807) is 20.3 Å². The van der Waals surface area contributed by atoms with Crippen LogP contribution in [0.2, 0.25) is 0 Å². The second-order valence-electron chi connectivity index (χ2n) is 7.96. The summed E-state index contributed by atoms with van der Waals surface area (Å²) in [6.45, 7) is 4.97. The van der Waals surface area contributed by atoms with E-state index in [-0.39, 0.29) is 5.92 Å². The second kappa shape index (κ2) is 7.93. The molecule has 1 amide bonds. The molecular formula is C21H29N5O3. The van der Waals surface area contributed by atoms with Gasteiger partial charge >= 0.3 is 0 Å². The first kappa shape index (κ1) is 19.5. The van der Waals surface area contributed by atoms with E-state index < -0.39 is 0 Å². The van der Waals surface area contributed by atoms with Crippen LogP contribution in [0.3, 0.4) is 0 Å². The largest absolute Gasteiger partial charge is 0.493 e. The lowest BCUT2D eigenvalue weighted by Crippen LogP contribution is -2.51. The first-order chi connectivity index (χ1) is 14.0. The SMILES string of the molecule is COc1cc2nc(N3CCN(C(=O)C4CCCC4C)CC3)nc(N)c2cc1OC. The van der Waals surface area contributed by atoms with E-state index in [2.05, 4.69) is 16.8 Å². The van der Waals surface area contributed by atoms with Crippen molar-refractivity contribution in [3.63, 3.8) is 0 Å². The number of carbonyl (C=O) groups excluding carboxylic acids is 1. The summed E-state index contributed by atoms with van der Waals surface area (Å²) in [6, 6.07) is 3.61. The van der Waals surface area contributed by atoms with Crippen LogP contribution in [0, 0.1) is 11.8 Å². The summed E-state index contributed by atoms with van der Waals surface area (Å²) in [4.78, 5) is 26.1. The Kier molecular flexibility index (Phi) is 5.34. The Hall–Kier alpha value is -2.77. The Balaban J connectivity index is 1.51. The Bertz CT molecular complexity index is 911. The molecule has 8 heteroatoms. The van der Waals surface area contributed by atoms with E-state index in [1.807, 2.05) is 11.0 Å². The number of amides is 1. The van der Waals surface area contributed by atoms with Crippen molar-refractivity contribution in [3.8, 4) is 11.5 Å². The lowest BCUT2D eigenvalue weighted by Gasteiger charge is -2.36. The van der Waals surface area contributed by atoms with Crippen LogP contribution < -0.4 is 20.1 Å². The van der Waals surface area contributed by atoms with Crippen molar-refractivity contribution in [1.29, 1.82) is 0 Å². The summed E-state index contributed by atoms with van der Waals surface area (Å²) < 4.78 is 10.7. The highest BCUT2D eigenvalue weighted by atomic mass is 16.5. The number of ether oxygens (including phenoxy) is 2. The maximum Gasteiger partial charge on any atom is 0.228 e. The molecule has 8 nitrogen and oxygen atoms in total. The van der Waals surface area contributed by atoms with Crippen LogP contribution in [0.15, 0.2) is 12.1 Å². The summed E-state index contributed by atoms with van der Waals surface area (Å²) in [5.41, 5.74) is 6.93. The molecule has 1 aromatic heterocycles. The second-order valence-corrected chi connectivity index (χ2v) is 7.96. The van der Waals surface area contributed by atoms with Crippen LogP contribution in [0.1, 0.15) is 26.2 Å². The van der Waals surface area contributed by atoms with E-state index in [0.29, 0.717) is 66.8 Å². The smallest absolute Gasteiger partial charge is 0.228 e. The molecule has 1 saturated carbocycles. The lowest BCUT2D eigenvalue weighted by molar-refractivity contribution is -0.136. The summed E-state index contributed by atoms with van der Waals surface area (Å²) in [7, 11) is 3.18. The molecule has 29 heavy (non-hydrogen) atoms. The zero-order valence-corrected chi connectivity index (χ0v) is 17.4. The molecule has 2 aromatic rings. The van der Waals surface area contributed by atoms with Crippen molar-refractivity contribution in [1.82, 2.24) is 14.9 Å². The number of methoxy groups -OCH3 is 2. The normalized spacial score (nSPS) is 22.2. The van der Waals surface area contributed by atoms with Crippen molar-refractivity contribution in [2.75, 3.05) is 51.0 Å². The summed E-state index contributed by atoms with van der Waals surface area (Å²) in [5.74, 6) is 3.19. The fraction of sp³-hybridized carbons (Fsp3) is 0.571. The van der Waals surface area contributed by atoms with Crippen LogP contribution in [-0.2, 0) is 4.79 Å². The fourth-order valence-electron chi connectivity index (χ4n) is 4.48. The summed E-state index contributed by atoms with van der Waals surface area (Å²) in [5, 5.41) is 0.732. The van der Waals surface area contributed by atoms with Gasteiger partial charge in [-0.15, -0.1) is 0 Å². The van der Waals surface area contributed by atoms with Gasteiger partial charge in [0.1, 0.15) is 5.82 Å². The molecule has 2 N–H and O–H groups in total. The maximum atomic E-state index is 12.8. The van der Waals surface area contributed by atoms with Crippen LogP contribution in [0.4, 0.5) is 11.8 Å². The highest BCUT2D eigenvalue weighted by Crippen LogP contribution is 2.35. The first-order valence-electron chi connectivity index (χ1n) is 10.2. The molecule has 0 spiro atoms. The average Bonchev–Trinajstić information content (AvgIpc) is 3.18. The highest BCUT2D eigenvalue weighted by molar-refractivity contribution is 5.91.